The van der Waals surface area contributed by atoms with Crippen LogP contribution >= 0.6 is 11.8 Å². The maximum atomic E-state index is 12.9. The van der Waals surface area contributed by atoms with Crippen LogP contribution in [0.15, 0.2) is 58.8 Å². The van der Waals surface area contributed by atoms with Gasteiger partial charge in [-0.25, -0.2) is 18.5 Å². The van der Waals surface area contributed by atoms with Gasteiger partial charge in [0.1, 0.15) is 0 Å². The Morgan fingerprint density at radius 1 is 1.17 bits per heavy atom. The van der Waals surface area contributed by atoms with Crippen molar-refractivity contribution < 1.29 is 13.2 Å². The Hall–Kier alpha value is -2.62. The Labute approximate surface area is 180 Å². The molecule has 2 heterocycles. The topological polar surface area (TPSA) is 98.3 Å². The summed E-state index contributed by atoms with van der Waals surface area (Å²) in [6.07, 6.45) is 4.21. The van der Waals surface area contributed by atoms with Gasteiger partial charge in [0.15, 0.2) is 5.16 Å². The lowest BCUT2D eigenvalue weighted by molar-refractivity contribution is -0.116. The third kappa shape index (κ3) is 4.00. The highest BCUT2D eigenvalue weighted by atomic mass is 32.2. The quantitative estimate of drug-likeness (QED) is 0.613. The van der Waals surface area contributed by atoms with Gasteiger partial charge >= 0.3 is 0 Å². The maximum absolute atomic E-state index is 12.9. The van der Waals surface area contributed by atoms with E-state index in [9.17, 15) is 13.2 Å². The first-order valence-electron chi connectivity index (χ1n) is 9.44. The summed E-state index contributed by atoms with van der Waals surface area (Å²) in [6, 6.07) is 10.9. The first-order chi connectivity index (χ1) is 14.2. The normalized spacial score (nSPS) is 13.5. The van der Waals surface area contributed by atoms with Crippen LogP contribution in [0.3, 0.4) is 0 Å². The molecule has 30 heavy (non-hydrogen) atoms. The lowest BCUT2D eigenvalue weighted by Crippen LogP contribution is -2.30. The molecule has 0 spiro atoms. The minimum Gasteiger partial charge on any atom is -0.311 e. The van der Waals surface area contributed by atoms with Crippen molar-refractivity contribution in [1.82, 2.24) is 9.55 Å². The number of hydrogen-bond donors (Lipinski definition) is 1. The van der Waals surface area contributed by atoms with Gasteiger partial charge in [-0.2, -0.15) is 0 Å². The zero-order chi connectivity index (χ0) is 21.5. The van der Waals surface area contributed by atoms with Crippen molar-refractivity contribution >= 4 is 33.4 Å². The number of primary sulfonamides is 1. The van der Waals surface area contributed by atoms with Crippen LogP contribution in [0.2, 0.25) is 0 Å². The smallest absolute Gasteiger partial charge is 0.238 e. The van der Waals surface area contributed by atoms with Gasteiger partial charge < -0.3 is 4.90 Å². The highest BCUT2D eigenvalue weighted by Gasteiger charge is 2.26. The molecule has 9 heteroatoms. The van der Waals surface area contributed by atoms with E-state index in [1.807, 2.05) is 16.8 Å². The highest BCUT2D eigenvalue weighted by molar-refractivity contribution is 7.99. The van der Waals surface area contributed by atoms with Gasteiger partial charge in [-0.05, 0) is 67.3 Å². The van der Waals surface area contributed by atoms with Gasteiger partial charge in [-0.15, -0.1) is 0 Å². The molecule has 0 saturated carbocycles. The summed E-state index contributed by atoms with van der Waals surface area (Å²) in [5.74, 6) is 0.190. The SMILES string of the molecule is Cc1ccc(-n2ccnc2SCC(=O)N2CCc3cc(S(N)(=O)=O)ccc32)cc1C. The zero-order valence-corrected chi connectivity index (χ0v) is 18.3. The number of thioether (sulfide) groups is 1. The number of aryl methyl sites for hydroxylation is 2. The van der Waals surface area contributed by atoms with Crippen LogP contribution in [0.5, 0.6) is 0 Å². The molecular formula is C21H22N4O3S2. The van der Waals surface area contributed by atoms with Gasteiger partial charge in [0.25, 0.3) is 0 Å². The molecule has 0 fully saturated rings. The Kier molecular flexibility index (Phi) is 5.44. The number of sulfonamides is 1. The lowest BCUT2D eigenvalue weighted by Gasteiger charge is -2.17. The number of rotatable bonds is 5. The molecule has 3 aromatic rings. The molecule has 0 saturated heterocycles. The van der Waals surface area contributed by atoms with Crippen LogP contribution in [0, 0.1) is 13.8 Å². The van der Waals surface area contributed by atoms with Crippen molar-refractivity contribution in [2.75, 3.05) is 17.2 Å². The van der Waals surface area contributed by atoms with Crippen molar-refractivity contribution in [1.29, 1.82) is 0 Å². The minimum atomic E-state index is -3.76. The summed E-state index contributed by atoms with van der Waals surface area (Å²) >= 11 is 1.38. The third-order valence-corrected chi connectivity index (χ3v) is 7.14. The van der Waals surface area contributed by atoms with Crippen molar-refractivity contribution in [3.05, 3.63) is 65.5 Å². The predicted molar refractivity (Wildman–Crippen MR) is 118 cm³/mol. The van der Waals surface area contributed by atoms with Gasteiger partial charge in [0.05, 0.1) is 10.6 Å². The van der Waals surface area contributed by atoms with Crippen LogP contribution in [0.1, 0.15) is 16.7 Å². The van der Waals surface area contributed by atoms with Crippen molar-refractivity contribution in [2.45, 2.75) is 30.3 Å². The second kappa shape index (κ2) is 7.90. The number of hydrogen-bond acceptors (Lipinski definition) is 5. The number of amides is 1. The average molecular weight is 443 g/mol. The number of carbonyl (C=O) groups is 1. The Morgan fingerprint density at radius 3 is 2.70 bits per heavy atom. The zero-order valence-electron chi connectivity index (χ0n) is 16.7. The highest BCUT2D eigenvalue weighted by Crippen LogP contribution is 2.31. The summed E-state index contributed by atoms with van der Waals surface area (Å²) in [4.78, 5) is 19.0. The van der Waals surface area contributed by atoms with E-state index < -0.39 is 10.0 Å². The van der Waals surface area contributed by atoms with Gasteiger partial charge in [-0.3, -0.25) is 9.36 Å². The Balaban J connectivity index is 1.49. The second-order valence-corrected chi connectivity index (χ2v) is 9.77. The molecule has 1 aromatic heterocycles. The largest absolute Gasteiger partial charge is 0.311 e. The average Bonchev–Trinajstić information content (AvgIpc) is 3.34. The van der Waals surface area contributed by atoms with Crippen molar-refractivity contribution in [3.8, 4) is 5.69 Å². The summed E-state index contributed by atoms with van der Waals surface area (Å²) in [7, 11) is -3.76. The predicted octanol–water partition coefficient (Wildman–Crippen LogP) is 2.82. The van der Waals surface area contributed by atoms with Gasteiger partial charge in [-0.1, -0.05) is 17.8 Å². The molecule has 0 bridgehead atoms. The van der Waals surface area contributed by atoms with E-state index >= 15 is 0 Å². The molecule has 1 aliphatic rings. The monoisotopic (exact) mass is 442 g/mol. The molecule has 1 aliphatic heterocycles. The van der Waals surface area contributed by atoms with E-state index in [0.717, 1.165) is 22.1 Å². The molecule has 0 unspecified atom stereocenters. The van der Waals surface area contributed by atoms with E-state index in [4.69, 9.17) is 5.14 Å². The number of anilines is 1. The summed E-state index contributed by atoms with van der Waals surface area (Å²) in [5, 5.41) is 5.95. The Morgan fingerprint density at radius 2 is 1.97 bits per heavy atom. The molecule has 0 radical (unpaired) electrons. The van der Waals surface area contributed by atoms with Crippen LogP contribution in [0.4, 0.5) is 5.69 Å². The summed E-state index contributed by atoms with van der Waals surface area (Å²) in [5.41, 5.74) is 4.98. The van der Waals surface area contributed by atoms with Gasteiger partial charge in [0.2, 0.25) is 15.9 Å². The first-order valence-corrected chi connectivity index (χ1v) is 12.0. The minimum absolute atomic E-state index is 0.0447. The number of imidazole rings is 1. The van der Waals surface area contributed by atoms with E-state index in [1.165, 1.54) is 29.0 Å². The number of fused-ring (bicyclic) bond motifs is 1. The first kappa shape index (κ1) is 20.6. The Bertz CT molecular complexity index is 1230. The molecule has 1 amide bonds. The van der Waals surface area contributed by atoms with Crippen LogP contribution in [-0.2, 0) is 21.2 Å². The van der Waals surface area contributed by atoms with Crippen LogP contribution in [0.25, 0.3) is 5.69 Å². The fraction of sp³-hybridized carbons (Fsp3) is 0.238. The second-order valence-electron chi connectivity index (χ2n) is 7.27. The standard InChI is InChI=1S/C21H22N4O3S2/c1-14-3-4-17(11-15(14)2)24-10-8-23-21(24)29-13-20(26)25-9-7-16-12-18(30(22,27)28)5-6-19(16)25/h3-6,8,10-12H,7,9,13H2,1-2H3,(H2,22,27,28). The van der Waals surface area contributed by atoms with Crippen molar-refractivity contribution in [3.63, 3.8) is 0 Å². The number of nitrogens with two attached hydrogens (primary N) is 1. The van der Waals surface area contributed by atoms with E-state index in [1.54, 1.807) is 23.2 Å². The summed E-state index contributed by atoms with van der Waals surface area (Å²) in [6.45, 7) is 4.66. The molecule has 7 nitrogen and oxygen atoms in total. The van der Waals surface area contributed by atoms with Crippen LogP contribution in [-0.4, -0.2) is 36.2 Å². The lowest BCUT2D eigenvalue weighted by atomic mass is 10.1. The fourth-order valence-corrected chi connectivity index (χ4v) is 4.90. The molecule has 4 rings (SSSR count). The van der Waals surface area contributed by atoms with Crippen molar-refractivity contribution in [2.24, 2.45) is 5.14 Å². The molecule has 0 aliphatic carbocycles. The van der Waals surface area contributed by atoms with E-state index in [0.29, 0.717) is 13.0 Å². The number of benzene rings is 2. The summed E-state index contributed by atoms with van der Waals surface area (Å²) < 4.78 is 25.1. The van der Waals surface area contributed by atoms with Crippen LogP contribution < -0.4 is 10.0 Å². The van der Waals surface area contributed by atoms with E-state index in [-0.39, 0.29) is 16.6 Å². The number of nitrogens with zero attached hydrogens (tertiary/aromatic N) is 3. The fourth-order valence-electron chi connectivity index (χ4n) is 3.49. The molecular weight excluding hydrogens is 420 g/mol. The third-order valence-electron chi connectivity index (χ3n) is 5.28. The molecule has 2 N–H and O–H groups in total. The van der Waals surface area contributed by atoms with Gasteiger partial charge in [0, 0.05) is 30.3 Å². The molecule has 156 valence electrons. The number of aromatic nitrogens is 2. The number of carbonyl (C=O) groups excluding carboxylic acids is 1. The molecule has 2 aromatic carbocycles. The van der Waals surface area contributed by atoms with E-state index in [2.05, 4.69) is 31.0 Å². The maximum Gasteiger partial charge on any atom is 0.238 e. The molecule has 0 atom stereocenters.